The fourth-order valence-electron chi connectivity index (χ4n) is 14.0. The minimum atomic E-state index is -1.57. The lowest BCUT2D eigenvalue weighted by atomic mass is 9.99. The molecule has 0 bridgehead atoms. The van der Waals surface area contributed by atoms with E-state index in [9.17, 15) is 35.1 Å². The number of allylic oxidation sites excluding steroid dienone is 1. The number of hydrogen-bond donors (Lipinski definition) is 6. The first kappa shape index (κ1) is 91.4. The van der Waals surface area contributed by atoms with Crippen LogP contribution in [0.5, 0.6) is 0 Å². The zero-order chi connectivity index (χ0) is 68.6. The highest BCUT2D eigenvalue weighted by atomic mass is 16.7. The molecule has 1 heterocycles. The number of carbonyl (C=O) groups is 2. The SMILES string of the molecule is CCCCCCCCCCCCCCC/C=C/C(O)C(COC1OC(CO)C(O)C(O)C1O)NC(=O)CCCCCCCCCCCCCCCCCCCCCCCCCCCCCCCCCCCCCCCCCOC(=O)CCCCCCCCCCCCCCC. The number of aliphatic hydroxyl groups excluding tert-OH is 5. The zero-order valence-corrected chi connectivity index (χ0v) is 63.2. The number of amides is 1. The van der Waals surface area contributed by atoms with Gasteiger partial charge in [0.15, 0.2) is 6.29 Å². The molecule has 0 aliphatic carbocycles. The summed E-state index contributed by atoms with van der Waals surface area (Å²) in [5.41, 5.74) is 0. The van der Waals surface area contributed by atoms with Crippen molar-refractivity contribution in [2.45, 2.75) is 493 Å². The molecule has 0 spiro atoms. The van der Waals surface area contributed by atoms with E-state index in [0.29, 0.717) is 19.4 Å². The van der Waals surface area contributed by atoms with Gasteiger partial charge in [-0.25, -0.2) is 0 Å². The summed E-state index contributed by atoms with van der Waals surface area (Å²) >= 11 is 0. The second-order valence-corrected chi connectivity index (χ2v) is 29.9. The Hall–Kier alpha value is -1.60. The molecule has 1 rings (SSSR count). The monoisotopic (exact) mass is 1350 g/mol. The number of ether oxygens (including phenoxy) is 3. The standard InChI is InChI=1S/C84H163NO10/c1-3-5-7-9-11-13-15-17-43-47-50-54-58-62-66-70-77(87)76(75-94-84-83(92)82(91)81(90)78(74-86)95-84)85-79(88)71-67-63-59-55-51-48-44-41-39-37-35-33-31-29-27-25-23-21-19-18-20-22-24-26-28-30-32-34-36-38-40-42-45-49-53-57-61-65-69-73-93-80(89)72-68-64-60-56-52-46-16-14-12-10-8-6-4-2/h66,70,76-78,81-84,86-87,90-92H,3-65,67-69,71-75H2,1-2H3,(H,85,88)/b70-66+. The van der Waals surface area contributed by atoms with Crippen LogP contribution in [0, 0.1) is 0 Å². The summed E-state index contributed by atoms with van der Waals surface area (Å²) in [5.74, 6) is -0.150. The van der Waals surface area contributed by atoms with E-state index in [-0.39, 0.29) is 18.5 Å². The first-order valence-corrected chi connectivity index (χ1v) is 42.5. The Balaban J connectivity index is 1.88. The molecular formula is C84H163NO10. The summed E-state index contributed by atoms with van der Waals surface area (Å²) in [6.45, 7) is 4.42. The summed E-state index contributed by atoms with van der Waals surface area (Å²) < 4.78 is 16.8. The second-order valence-electron chi connectivity index (χ2n) is 29.9. The maximum Gasteiger partial charge on any atom is 0.305 e. The maximum absolute atomic E-state index is 13.1. The van der Waals surface area contributed by atoms with E-state index in [1.165, 1.54) is 372 Å². The molecule has 1 aliphatic heterocycles. The Morgan fingerprint density at radius 3 is 0.979 bits per heavy atom. The van der Waals surface area contributed by atoms with Gasteiger partial charge in [-0.05, 0) is 32.1 Å². The first-order valence-electron chi connectivity index (χ1n) is 42.5. The molecule has 1 fully saturated rings. The molecule has 564 valence electrons. The number of aliphatic hydroxyl groups is 5. The van der Waals surface area contributed by atoms with E-state index >= 15 is 0 Å². The van der Waals surface area contributed by atoms with Crippen molar-refractivity contribution in [3.8, 4) is 0 Å². The number of unbranched alkanes of at least 4 members (excludes halogenated alkanes) is 63. The van der Waals surface area contributed by atoms with Gasteiger partial charge in [0.25, 0.3) is 0 Å². The van der Waals surface area contributed by atoms with E-state index in [4.69, 9.17) is 14.2 Å². The number of carbonyl (C=O) groups excluding carboxylic acids is 2. The largest absolute Gasteiger partial charge is 0.466 e. The lowest BCUT2D eigenvalue weighted by Crippen LogP contribution is -2.60. The van der Waals surface area contributed by atoms with Crippen LogP contribution in [0.4, 0.5) is 0 Å². The van der Waals surface area contributed by atoms with Crippen molar-refractivity contribution >= 4 is 11.9 Å². The highest BCUT2D eigenvalue weighted by molar-refractivity contribution is 5.76. The fraction of sp³-hybridized carbons (Fsp3) is 0.952. The van der Waals surface area contributed by atoms with Gasteiger partial charge in [-0.2, -0.15) is 0 Å². The Morgan fingerprint density at radius 1 is 0.379 bits per heavy atom. The topological polar surface area (TPSA) is 175 Å². The van der Waals surface area contributed by atoms with Crippen molar-refractivity contribution < 1.29 is 49.3 Å². The van der Waals surface area contributed by atoms with E-state index in [2.05, 4.69) is 19.2 Å². The van der Waals surface area contributed by atoms with Crippen LogP contribution >= 0.6 is 0 Å². The van der Waals surface area contributed by atoms with E-state index < -0.39 is 49.5 Å². The van der Waals surface area contributed by atoms with Gasteiger partial charge in [0, 0.05) is 12.8 Å². The highest BCUT2D eigenvalue weighted by Gasteiger charge is 2.44. The predicted molar refractivity (Wildman–Crippen MR) is 403 cm³/mol. The Morgan fingerprint density at radius 2 is 0.663 bits per heavy atom. The first-order chi connectivity index (χ1) is 46.7. The van der Waals surface area contributed by atoms with Gasteiger partial charge in [-0.1, -0.05) is 418 Å². The maximum atomic E-state index is 13.1. The fourth-order valence-corrected chi connectivity index (χ4v) is 14.0. The lowest BCUT2D eigenvalue weighted by Gasteiger charge is -2.40. The molecule has 0 aromatic heterocycles. The Bertz CT molecular complexity index is 1580. The van der Waals surface area contributed by atoms with Crippen LogP contribution in [0.1, 0.15) is 450 Å². The smallest absolute Gasteiger partial charge is 0.305 e. The van der Waals surface area contributed by atoms with E-state index in [1.807, 2.05) is 6.08 Å². The molecule has 95 heavy (non-hydrogen) atoms. The van der Waals surface area contributed by atoms with Gasteiger partial charge in [-0.15, -0.1) is 0 Å². The van der Waals surface area contributed by atoms with Gasteiger partial charge in [0.2, 0.25) is 5.91 Å². The second kappa shape index (κ2) is 73.6. The van der Waals surface area contributed by atoms with Crippen LogP contribution in [0.3, 0.4) is 0 Å². The van der Waals surface area contributed by atoms with Crippen LogP contribution in [0.15, 0.2) is 12.2 Å². The van der Waals surface area contributed by atoms with Crippen molar-refractivity contribution in [3.05, 3.63) is 12.2 Å². The van der Waals surface area contributed by atoms with Crippen LogP contribution in [-0.2, 0) is 23.8 Å². The number of esters is 1. The molecule has 0 aromatic rings. The molecule has 6 N–H and O–H groups in total. The lowest BCUT2D eigenvalue weighted by molar-refractivity contribution is -0.302. The van der Waals surface area contributed by atoms with Crippen molar-refractivity contribution in [3.63, 3.8) is 0 Å². The summed E-state index contributed by atoms with van der Waals surface area (Å²) in [4.78, 5) is 25.2. The number of rotatable bonds is 77. The molecular weight excluding hydrogens is 1180 g/mol. The molecule has 1 aliphatic rings. The minimum absolute atomic E-state index is 0.0211. The average Bonchev–Trinajstić information content (AvgIpc) is 0.850. The molecule has 7 atom stereocenters. The third-order valence-electron chi connectivity index (χ3n) is 20.7. The molecule has 0 radical (unpaired) electrons. The summed E-state index contributed by atoms with van der Waals surface area (Å²) in [7, 11) is 0. The Kier molecular flexibility index (Phi) is 70.8. The van der Waals surface area contributed by atoms with Gasteiger partial charge >= 0.3 is 5.97 Å². The third-order valence-corrected chi connectivity index (χ3v) is 20.7. The third kappa shape index (κ3) is 62.0. The van der Waals surface area contributed by atoms with Crippen LogP contribution < -0.4 is 5.32 Å². The van der Waals surface area contributed by atoms with E-state index in [0.717, 1.165) is 51.4 Å². The normalized spacial score (nSPS) is 17.3. The van der Waals surface area contributed by atoms with E-state index in [1.54, 1.807) is 6.08 Å². The van der Waals surface area contributed by atoms with Gasteiger partial charge in [-0.3, -0.25) is 9.59 Å². The summed E-state index contributed by atoms with van der Waals surface area (Å²) in [6.07, 6.45) is 84.0. The molecule has 11 nitrogen and oxygen atoms in total. The van der Waals surface area contributed by atoms with Crippen LogP contribution in [-0.4, -0.2) is 100 Å². The minimum Gasteiger partial charge on any atom is -0.466 e. The average molecular weight is 1350 g/mol. The molecule has 0 aromatic carbocycles. The zero-order valence-electron chi connectivity index (χ0n) is 63.2. The van der Waals surface area contributed by atoms with Crippen molar-refractivity contribution in [2.24, 2.45) is 0 Å². The molecule has 0 saturated carbocycles. The molecule has 7 unspecified atom stereocenters. The van der Waals surface area contributed by atoms with Crippen molar-refractivity contribution in [1.82, 2.24) is 5.32 Å². The van der Waals surface area contributed by atoms with Crippen LogP contribution in [0.25, 0.3) is 0 Å². The highest BCUT2D eigenvalue weighted by Crippen LogP contribution is 2.24. The Labute approximate surface area is 589 Å². The predicted octanol–water partition coefficient (Wildman–Crippen LogP) is 23.3. The quantitative estimate of drug-likeness (QED) is 0.0195. The van der Waals surface area contributed by atoms with Gasteiger partial charge in [0.05, 0.1) is 32.0 Å². The van der Waals surface area contributed by atoms with Crippen molar-refractivity contribution in [1.29, 1.82) is 0 Å². The van der Waals surface area contributed by atoms with Gasteiger partial charge < -0.3 is 45.1 Å². The summed E-state index contributed by atoms with van der Waals surface area (Å²) in [5, 5.41) is 54.7. The molecule has 11 heteroatoms. The number of nitrogens with one attached hydrogen (secondary N) is 1. The number of hydrogen-bond acceptors (Lipinski definition) is 10. The summed E-state index contributed by atoms with van der Waals surface area (Å²) in [6, 6.07) is -0.805. The molecule has 1 amide bonds. The van der Waals surface area contributed by atoms with Crippen molar-refractivity contribution in [2.75, 3.05) is 19.8 Å². The molecule has 1 saturated heterocycles. The van der Waals surface area contributed by atoms with Crippen LogP contribution in [0.2, 0.25) is 0 Å². The van der Waals surface area contributed by atoms with Gasteiger partial charge in [0.1, 0.15) is 24.4 Å².